The molecule has 3 aromatic rings. The number of nitrogens with one attached hydrogen (secondary N) is 2. The topological polar surface area (TPSA) is 94.2 Å². The molecule has 2 aromatic heterocycles. The van der Waals surface area contributed by atoms with Gasteiger partial charge in [0.15, 0.2) is 0 Å². The van der Waals surface area contributed by atoms with Crippen molar-refractivity contribution in [1.29, 1.82) is 0 Å². The number of rotatable bonds is 5. The van der Waals surface area contributed by atoms with E-state index in [4.69, 9.17) is 0 Å². The van der Waals surface area contributed by atoms with E-state index in [0.717, 1.165) is 49.8 Å². The minimum absolute atomic E-state index is 0.147. The van der Waals surface area contributed by atoms with Gasteiger partial charge in [-0.2, -0.15) is 0 Å². The first kappa shape index (κ1) is 19.1. The maximum Gasteiger partial charge on any atom is 0.256 e. The maximum absolute atomic E-state index is 12.6. The van der Waals surface area contributed by atoms with Gasteiger partial charge in [0.25, 0.3) is 5.91 Å². The number of benzene rings is 1. The van der Waals surface area contributed by atoms with Gasteiger partial charge in [-0.1, -0.05) is 12.1 Å². The average molecular weight is 392 g/mol. The van der Waals surface area contributed by atoms with Gasteiger partial charge in [-0.05, 0) is 24.6 Å². The number of H-pyrrole nitrogens is 1. The number of anilines is 1. The van der Waals surface area contributed by atoms with Crippen molar-refractivity contribution in [1.82, 2.24) is 25.2 Å². The lowest BCUT2D eigenvalue weighted by Gasteiger charge is -2.34. The first-order chi connectivity index (χ1) is 14.1. The van der Waals surface area contributed by atoms with Gasteiger partial charge in [0.1, 0.15) is 5.56 Å². The van der Waals surface area contributed by atoms with E-state index in [0.29, 0.717) is 11.9 Å². The summed E-state index contributed by atoms with van der Waals surface area (Å²) in [4.78, 5) is 41.2. The van der Waals surface area contributed by atoms with E-state index >= 15 is 0 Å². The number of piperazine rings is 1. The standard InChI is InChI=1S/C21H24N6O2/c1-15-4-2-5-16-18(15)25-14-17(19(16)28)20(29)22-8-9-26-10-12-27(13-11-26)21-23-6-3-7-24-21/h2-7,14H,8-13H2,1H3,(H,22,29)(H,25,28). The lowest BCUT2D eigenvalue weighted by atomic mass is 10.1. The highest BCUT2D eigenvalue weighted by molar-refractivity contribution is 5.97. The molecule has 1 aliphatic rings. The number of aryl methyl sites for hydroxylation is 1. The zero-order valence-electron chi connectivity index (χ0n) is 16.4. The minimum Gasteiger partial charge on any atom is -0.360 e. The SMILES string of the molecule is Cc1cccc2c(=O)c(C(=O)NCCN3CCN(c4ncccn4)CC3)c[nH]c12. The quantitative estimate of drug-likeness (QED) is 0.677. The van der Waals surface area contributed by atoms with E-state index in [1.165, 1.54) is 6.20 Å². The zero-order valence-corrected chi connectivity index (χ0v) is 16.4. The van der Waals surface area contributed by atoms with Crippen molar-refractivity contribution in [2.24, 2.45) is 0 Å². The third-order valence-electron chi connectivity index (χ3n) is 5.29. The number of carbonyl (C=O) groups excluding carboxylic acids is 1. The van der Waals surface area contributed by atoms with Gasteiger partial charge in [-0.25, -0.2) is 9.97 Å². The van der Waals surface area contributed by atoms with Crippen LogP contribution in [-0.4, -0.2) is 65.0 Å². The Kier molecular flexibility index (Phi) is 5.53. The molecule has 0 radical (unpaired) electrons. The van der Waals surface area contributed by atoms with Gasteiger partial charge in [-0.15, -0.1) is 0 Å². The van der Waals surface area contributed by atoms with E-state index in [1.807, 2.05) is 25.1 Å². The number of aromatic nitrogens is 3. The summed E-state index contributed by atoms with van der Waals surface area (Å²) in [5.41, 5.74) is 1.66. The third-order valence-corrected chi connectivity index (χ3v) is 5.29. The highest BCUT2D eigenvalue weighted by Gasteiger charge is 2.19. The second-order valence-electron chi connectivity index (χ2n) is 7.16. The van der Waals surface area contributed by atoms with Crippen LogP contribution in [0.4, 0.5) is 5.95 Å². The number of nitrogens with zero attached hydrogens (tertiary/aromatic N) is 4. The monoisotopic (exact) mass is 392 g/mol. The Hall–Kier alpha value is -3.26. The molecule has 8 heteroatoms. The van der Waals surface area contributed by atoms with Crippen molar-refractivity contribution < 1.29 is 4.79 Å². The highest BCUT2D eigenvalue weighted by Crippen LogP contribution is 2.13. The Balaban J connectivity index is 1.30. The molecule has 1 saturated heterocycles. The molecular weight excluding hydrogens is 368 g/mol. The number of amides is 1. The lowest BCUT2D eigenvalue weighted by molar-refractivity contribution is 0.0946. The fraction of sp³-hybridized carbons (Fsp3) is 0.333. The van der Waals surface area contributed by atoms with Crippen molar-refractivity contribution in [3.63, 3.8) is 0 Å². The molecule has 3 heterocycles. The van der Waals surface area contributed by atoms with Crippen LogP contribution < -0.4 is 15.6 Å². The van der Waals surface area contributed by atoms with Crippen molar-refractivity contribution in [2.75, 3.05) is 44.2 Å². The molecule has 1 aromatic carbocycles. The highest BCUT2D eigenvalue weighted by atomic mass is 16.2. The normalized spacial score (nSPS) is 14.9. The molecule has 0 unspecified atom stereocenters. The summed E-state index contributed by atoms with van der Waals surface area (Å²) in [6, 6.07) is 7.31. The second kappa shape index (κ2) is 8.40. The molecule has 1 aliphatic heterocycles. The summed E-state index contributed by atoms with van der Waals surface area (Å²) >= 11 is 0. The van der Waals surface area contributed by atoms with Crippen LogP contribution >= 0.6 is 0 Å². The number of hydrogen-bond donors (Lipinski definition) is 2. The van der Waals surface area contributed by atoms with Crippen molar-refractivity contribution >= 4 is 22.8 Å². The lowest BCUT2D eigenvalue weighted by Crippen LogP contribution is -2.49. The van der Waals surface area contributed by atoms with Crippen LogP contribution in [0.3, 0.4) is 0 Å². The Morgan fingerprint density at radius 1 is 1.14 bits per heavy atom. The molecule has 0 atom stereocenters. The Bertz CT molecular complexity index is 1060. The smallest absolute Gasteiger partial charge is 0.256 e. The molecule has 0 bridgehead atoms. The Morgan fingerprint density at radius 2 is 1.90 bits per heavy atom. The summed E-state index contributed by atoms with van der Waals surface area (Å²) < 4.78 is 0. The molecule has 2 N–H and O–H groups in total. The van der Waals surface area contributed by atoms with E-state index < -0.39 is 0 Å². The summed E-state index contributed by atoms with van der Waals surface area (Å²) in [5, 5.41) is 3.41. The predicted octanol–water partition coefficient (Wildman–Crippen LogP) is 1.18. The second-order valence-corrected chi connectivity index (χ2v) is 7.16. The van der Waals surface area contributed by atoms with Crippen LogP contribution in [0.5, 0.6) is 0 Å². The van der Waals surface area contributed by atoms with E-state index in [1.54, 1.807) is 18.5 Å². The summed E-state index contributed by atoms with van der Waals surface area (Å²) in [5.74, 6) is 0.414. The fourth-order valence-corrected chi connectivity index (χ4v) is 3.62. The van der Waals surface area contributed by atoms with Crippen LogP contribution in [-0.2, 0) is 0 Å². The molecule has 29 heavy (non-hydrogen) atoms. The van der Waals surface area contributed by atoms with Gasteiger partial charge in [0, 0.05) is 63.2 Å². The van der Waals surface area contributed by atoms with Gasteiger partial charge < -0.3 is 15.2 Å². The van der Waals surface area contributed by atoms with Gasteiger partial charge in [0.05, 0.1) is 5.52 Å². The molecule has 150 valence electrons. The molecule has 1 fully saturated rings. The molecule has 0 aliphatic carbocycles. The van der Waals surface area contributed by atoms with Crippen LogP contribution in [0.25, 0.3) is 10.9 Å². The molecule has 1 amide bonds. The number of hydrogen-bond acceptors (Lipinski definition) is 6. The summed E-state index contributed by atoms with van der Waals surface area (Å²) in [7, 11) is 0. The van der Waals surface area contributed by atoms with Gasteiger partial charge in [-0.3, -0.25) is 14.5 Å². The van der Waals surface area contributed by atoms with Crippen molar-refractivity contribution in [2.45, 2.75) is 6.92 Å². The molecule has 0 saturated carbocycles. The fourth-order valence-electron chi connectivity index (χ4n) is 3.62. The molecule has 8 nitrogen and oxygen atoms in total. The summed E-state index contributed by atoms with van der Waals surface area (Å²) in [6.07, 6.45) is 5.01. The zero-order chi connectivity index (χ0) is 20.2. The maximum atomic E-state index is 12.6. The van der Waals surface area contributed by atoms with Gasteiger partial charge in [0.2, 0.25) is 11.4 Å². The first-order valence-corrected chi connectivity index (χ1v) is 9.77. The van der Waals surface area contributed by atoms with Crippen LogP contribution in [0.1, 0.15) is 15.9 Å². The third kappa shape index (κ3) is 4.12. The Labute approximate surface area is 168 Å². The largest absolute Gasteiger partial charge is 0.360 e. The number of carbonyl (C=O) groups is 1. The van der Waals surface area contributed by atoms with Crippen molar-refractivity contribution in [3.05, 3.63) is 64.2 Å². The Morgan fingerprint density at radius 3 is 2.66 bits per heavy atom. The van der Waals surface area contributed by atoms with E-state index in [9.17, 15) is 9.59 Å². The van der Waals surface area contributed by atoms with Crippen LogP contribution in [0.2, 0.25) is 0 Å². The first-order valence-electron chi connectivity index (χ1n) is 9.77. The van der Waals surface area contributed by atoms with E-state index in [-0.39, 0.29) is 16.9 Å². The van der Waals surface area contributed by atoms with Crippen LogP contribution in [0, 0.1) is 6.92 Å². The van der Waals surface area contributed by atoms with E-state index in [2.05, 4.69) is 30.1 Å². The number of fused-ring (bicyclic) bond motifs is 1. The molecule has 0 spiro atoms. The minimum atomic E-state index is -0.342. The predicted molar refractivity (Wildman–Crippen MR) is 112 cm³/mol. The number of para-hydroxylation sites is 1. The van der Waals surface area contributed by atoms with Gasteiger partial charge >= 0.3 is 0 Å². The molecular formula is C21H24N6O2. The average Bonchev–Trinajstić information content (AvgIpc) is 2.76. The number of pyridine rings is 1. The summed E-state index contributed by atoms with van der Waals surface area (Å²) in [6.45, 7) is 6.62. The number of aromatic amines is 1. The van der Waals surface area contributed by atoms with Crippen molar-refractivity contribution in [3.8, 4) is 0 Å². The van der Waals surface area contributed by atoms with Crippen LogP contribution in [0.15, 0.2) is 47.7 Å². The molecule has 4 rings (SSSR count).